The molecular weight excluding hydrogens is 418 g/mol. The van der Waals surface area contributed by atoms with Gasteiger partial charge in [-0.15, -0.1) is 0 Å². The van der Waals surface area contributed by atoms with Crippen molar-refractivity contribution in [2.24, 2.45) is 4.99 Å². The highest BCUT2D eigenvalue weighted by Crippen LogP contribution is 2.39. The van der Waals surface area contributed by atoms with E-state index in [0.717, 1.165) is 22.6 Å². The summed E-state index contributed by atoms with van der Waals surface area (Å²) in [7, 11) is 7.11. The number of ether oxygens (including phenoxy) is 2. The second kappa shape index (κ2) is 10.5. The fraction of sp³-hybridized carbons (Fsp3) is 0.400. The summed E-state index contributed by atoms with van der Waals surface area (Å²) in [6.45, 7) is 7.05. The maximum atomic E-state index is 13.0. The van der Waals surface area contributed by atoms with Crippen LogP contribution < -0.4 is 20.3 Å². The van der Waals surface area contributed by atoms with Gasteiger partial charge in [-0.1, -0.05) is 26.0 Å². The molecule has 3 rings (SSSR count). The van der Waals surface area contributed by atoms with Gasteiger partial charge in [0.25, 0.3) is 5.56 Å². The standard InChI is InChI=1S/C25H33N5O3/c1-15(2)22-23-19(12-20(32-6)24(22)33-7)28-21(29-25(23)31)14-26-13-17-9-8-10-18(11-17)27-16(3)30(4)5/h8-12,15,26H,13-14H2,1-7H3,(H,28,29,31). The number of nitrogens with one attached hydrogen (secondary N) is 2. The number of fused-ring (bicyclic) bond motifs is 1. The zero-order valence-electron chi connectivity index (χ0n) is 20.4. The lowest BCUT2D eigenvalue weighted by atomic mass is 9.97. The molecule has 0 spiro atoms. The minimum Gasteiger partial charge on any atom is -0.493 e. The van der Waals surface area contributed by atoms with Crippen molar-refractivity contribution in [1.29, 1.82) is 0 Å². The van der Waals surface area contributed by atoms with Crippen molar-refractivity contribution in [1.82, 2.24) is 20.2 Å². The normalized spacial score (nSPS) is 11.8. The Morgan fingerprint density at radius 1 is 1.18 bits per heavy atom. The molecule has 0 saturated carbocycles. The van der Waals surface area contributed by atoms with Crippen molar-refractivity contribution < 1.29 is 9.47 Å². The molecule has 0 aliphatic carbocycles. The highest BCUT2D eigenvalue weighted by Gasteiger charge is 2.21. The largest absolute Gasteiger partial charge is 0.493 e. The summed E-state index contributed by atoms with van der Waals surface area (Å²) in [5.41, 5.74) is 3.20. The van der Waals surface area contributed by atoms with Crippen LogP contribution in [0.5, 0.6) is 11.5 Å². The fourth-order valence-corrected chi connectivity index (χ4v) is 3.68. The van der Waals surface area contributed by atoms with Crippen molar-refractivity contribution in [2.45, 2.75) is 39.8 Å². The third-order valence-corrected chi connectivity index (χ3v) is 5.47. The molecule has 0 unspecified atom stereocenters. The first-order chi connectivity index (χ1) is 15.7. The van der Waals surface area contributed by atoms with E-state index >= 15 is 0 Å². The van der Waals surface area contributed by atoms with Crippen LogP contribution in [0.1, 0.15) is 43.6 Å². The van der Waals surface area contributed by atoms with E-state index in [1.807, 2.05) is 64.0 Å². The second-order valence-electron chi connectivity index (χ2n) is 8.41. The lowest BCUT2D eigenvalue weighted by Gasteiger charge is -2.18. The van der Waals surface area contributed by atoms with Gasteiger partial charge in [-0.2, -0.15) is 0 Å². The Balaban J connectivity index is 1.84. The lowest BCUT2D eigenvalue weighted by Crippen LogP contribution is -2.20. The van der Waals surface area contributed by atoms with Gasteiger partial charge >= 0.3 is 0 Å². The molecule has 0 bridgehead atoms. The van der Waals surface area contributed by atoms with E-state index in [-0.39, 0.29) is 11.5 Å². The quantitative estimate of drug-likeness (QED) is 0.398. The van der Waals surface area contributed by atoms with Crippen molar-refractivity contribution >= 4 is 22.4 Å². The number of methoxy groups -OCH3 is 2. The molecule has 0 amide bonds. The van der Waals surface area contributed by atoms with E-state index in [4.69, 9.17) is 9.47 Å². The van der Waals surface area contributed by atoms with Crippen molar-refractivity contribution in [3.63, 3.8) is 0 Å². The second-order valence-corrected chi connectivity index (χ2v) is 8.41. The number of amidine groups is 1. The topological polar surface area (TPSA) is 91.8 Å². The van der Waals surface area contributed by atoms with Gasteiger partial charge in [-0.3, -0.25) is 4.79 Å². The number of rotatable bonds is 8. The minimum absolute atomic E-state index is 0.0653. The van der Waals surface area contributed by atoms with Gasteiger partial charge in [-0.05, 0) is 30.5 Å². The molecule has 0 atom stereocenters. The number of aromatic amines is 1. The SMILES string of the molecule is COc1cc2nc(CNCc3cccc(N=C(C)N(C)C)c3)[nH]c(=O)c2c(C(C)C)c1OC. The van der Waals surface area contributed by atoms with E-state index in [2.05, 4.69) is 20.3 Å². The van der Waals surface area contributed by atoms with Gasteiger partial charge in [-0.25, -0.2) is 9.98 Å². The molecule has 1 aromatic heterocycles. The number of hydrogen-bond donors (Lipinski definition) is 2. The van der Waals surface area contributed by atoms with Gasteiger partial charge in [0.1, 0.15) is 11.7 Å². The molecule has 8 heteroatoms. The molecule has 176 valence electrons. The van der Waals surface area contributed by atoms with Crippen LogP contribution in [0.15, 0.2) is 40.1 Å². The third kappa shape index (κ3) is 5.51. The average molecular weight is 452 g/mol. The molecule has 0 saturated heterocycles. The van der Waals surface area contributed by atoms with E-state index < -0.39 is 0 Å². The molecule has 2 aromatic carbocycles. The first-order valence-electron chi connectivity index (χ1n) is 10.9. The van der Waals surface area contributed by atoms with Crippen molar-refractivity contribution in [3.05, 3.63) is 57.6 Å². The lowest BCUT2D eigenvalue weighted by molar-refractivity contribution is 0.351. The van der Waals surface area contributed by atoms with E-state index in [9.17, 15) is 4.79 Å². The van der Waals surface area contributed by atoms with Crippen LogP contribution in [0.4, 0.5) is 5.69 Å². The Kier molecular flexibility index (Phi) is 7.71. The molecule has 1 heterocycles. The van der Waals surface area contributed by atoms with Gasteiger partial charge < -0.3 is 24.7 Å². The van der Waals surface area contributed by atoms with Crippen LogP contribution in [-0.2, 0) is 13.1 Å². The molecule has 0 aliphatic heterocycles. The van der Waals surface area contributed by atoms with Crippen LogP contribution in [0.3, 0.4) is 0 Å². The molecule has 33 heavy (non-hydrogen) atoms. The predicted molar refractivity (Wildman–Crippen MR) is 133 cm³/mol. The molecule has 0 aliphatic rings. The first kappa shape index (κ1) is 24.3. The molecule has 2 N–H and O–H groups in total. The smallest absolute Gasteiger partial charge is 0.259 e. The van der Waals surface area contributed by atoms with Crippen LogP contribution in [0.25, 0.3) is 10.9 Å². The summed E-state index contributed by atoms with van der Waals surface area (Å²) in [6, 6.07) is 9.81. The zero-order valence-corrected chi connectivity index (χ0v) is 20.4. The molecule has 3 aromatic rings. The number of benzene rings is 2. The van der Waals surface area contributed by atoms with E-state index in [1.165, 1.54) is 0 Å². The van der Waals surface area contributed by atoms with Crippen molar-refractivity contribution in [2.75, 3.05) is 28.3 Å². The van der Waals surface area contributed by atoms with Crippen LogP contribution in [-0.4, -0.2) is 49.0 Å². The fourth-order valence-electron chi connectivity index (χ4n) is 3.68. The first-order valence-corrected chi connectivity index (χ1v) is 10.9. The van der Waals surface area contributed by atoms with Crippen LogP contribution in [0, 0.1) is 0 Å². The highest BCUT2D eigenvalue weighted by molar-refractivity contribution is 5.87. The van der Waals surface area contributed by atoms with E-state index in [0.29, 0.717) is 41.3 Å². The minimum atomic E-state index is -0.183. The summed E-state index contributed by atoms with van der Waals surface area (Å²) in [6.07, 6.45) is 0. The molecule has 8 nitrogen and oxygen atoms in total. The number of aromatic nitrogens is 2. The molecule has 0 radical (unpaired) electrons. The van der Waals surface area contributed by atoms with Gasteiger partial charge in [0.2, 0.25) is 0 Å². The number of nitrogens with zero attached hydrogens (tertiary/aromatic N) is 3. The van der Waals surface area contributed by atoms with Gasteiger partial charge in [0.15, 0.2) is 11.5 Å². The third-order valence-electron chi connectivity index (χ3n) is 5.47. The summed E-state index contributed by atoms with van der Waals surface area (Å²) in [5, 5.41) is 3.89. The van der Waals surface area contributed by atoms with Crippen LogP contribution in [0.2, 0.25) is 0 Å². The summed E-state index contributed by atoms with van der Waals surface area (Å²) >= 11 is 0. The zero-order chi connectivity index (χ0) is 24.1. The monoisotopic (exact) mass is 451 g/mol. The Labute approximate surface area is 194 Å². The predicted octanol–water partition coefficient (Wildman–Crippen LogP) is 3.97. The van der Waals surface area contributed by atoms with Crippen LogP contribution >= 0.6 is 0 Å². The summed E-state index contributed by atoms with van der Waals surface area (Å²) in [5.74, 6) is 2.70. The van der Waals surface area contributed by atoms with E-state index in [1.54, 1.807) is 20.3 Å². The van der Waals surface area contributed by atoms with Crippen molar-refractivity contribution in [3.8, 4) is 11.5 Å². The molecule has 0 fully saturated rings. The summed E-state index contributed by atoms with van der Waals surface area (Å²) < 4.78 is 11.1. The summed E-state index contributed by atoms with van der Waals surface area (Å²) in [4.78, 5) is 27.2. The number of hydrogen-bond acceptors (Lipinski definition) is 6. The Morgan fingerprint density at radius 3 is 2.58 bits per heavy atom. The van der Waals surface area contributed by atoms with Gasteiger partial charge in [0, 0.05) is 32.3 Å². The Hall–Kier alpha value is -3.39. The maximum Gasteiger partial charge on any atom is 0.259 e. The Morgan fingerprint density at radius 2 is 1.94 bits per heavy atom. The number of H-pyrrole nitrogens is 1. The Bertz CT molecular complexity index is 1210. The molecular formula is C25H33N5O3. The maximum absolute atomic E-state index is 13.0. The average Bonchev–Trinajstić information content (AvgIpc) is 2.77. The highest BCUT2D eigenvalue weighted by atomic mass is 16.5. The van der Waals surface area contributed by atoms with Gasteiger partial charge in [0.05, 0.1) is 37.4 Å². The number of aliphatic imine (C=N–C) groups is 1.